The molecule has 2 N–H and O–H groups in total. The van der Waals surface area contributed by atoms with Gasteiger partial charge < -0.3 is 5.73 Å². The molecule has 0 saturated heterocycles. The van der Waals surface area contributed by atoms with E-state index in [1.807, 2.05) is 0 Å². The Morgan fingerprint density at radius 2 is 1.42 bits per heavy atom. The van der Waals surface area contributed by atoms with Crippen LogP contribution in [0.3, 0.4) is 0 Å². The number of rotatable bonds is 4. The first kappa shape index (κ1) is 13.8. The van der Waals surface area contributed by atoms with Gasteiger partial charge in [0.25, 0.3) is 0 Å². The van der Waals surface area contributed by atoms with Crippen molar-refractivity contribution in [2.24, 2.45) is 5.73 Å². The minimum atomic E-state index is -0.225. The lowest BCUT2D eigenvalue weighted by atomic mass is 9.96. The van der Waals surface area contributed by atoms with Crippen molar-refractivity contribution in [3.05, 3.63) is 71.0 Å². The largest absolute Gasteiger partial charge is 0.324 e. The Balaban J connectivity index is 2.06. The molecule has 0 saturated carbocycles. The third-order valence-electron chi connectivity index (χ3n) is 3.40. The predicted octanol–water partition coefficient (Wildman–Crippen LogP) is 4.19. The Kier molecular flexibility index (Phi) is 4.33. The molecule has 1 nitrogen and oxygen atoms in total. The molecular weight excluding hydrogens is 237 g/mol. The molecule has 0 aliphatic rings. The Bertz CT molecular complexity index is 514. The first-order chi connectivity index (χ1) is 9.06. The van der Waals surface area contributed by atoms with E-state index in [4.69, 9.17) is 5.73 Å². The fourth-order valence-electron chi connectivity index (χ4n) is 2.12. The molecule has 1 unspecified atom stereocenters. The van der Waals surface area contributed by atoms with Crippen LogP contribution in [0.25, 0.3) is 0 Å². The van der Waals surface area contributed by atoms with Gasteiger partial charge >= 0.3 is 0 Å². The Labute approximate surface area is 114 Å². The predicted molar refractivity (Wildman–Crippen MR) is 77.6 cm³/mol. The highest BCUT2D eigenvalue weighted by Gasteiger charge is 2.07. The molecule has 0 aliphatic carbocycles. The van der Waals surface area contributed by atoms with Crippen molar-refractivity contribution in [1.82, 2.24) is 0 Å². The van der Waals surface area contributed by atoms with Gasteiger partial charge in [-0.3, -0.25) is 0 Å². The van der Waals surface area contributed by atoms with E-state index in [0.717, 1.165) is 12.0 Å². The van der Waals surface area contributed by atoms with Gasteiger partial charge in [0.15, 0.2) is 0 Å². The molecule has 0 bridgehead atoms. The van der Waals surface area contributed by atoms with E-state index in [9.17, 15) is 4.39 Å². The summed E-state index contributed by atoms with van der Waals surface area (Å²) in [6, 6.07) is 14.9. The lowest BCUT2D eigenvalue weighted by Gasteiger charge is -2.13. The van der Waals surface area contributed by atoms with Gasteiger partial charge in [-0.15, -0.1) is 0 Å². The van der Waals surface area contributed by atoms with Crippen LogP contribution in [0.1, 0.15) is 42.5 Å². The third kappa shape index (κ3) is 3.65. The number of halogens is 1. The molecule has 0 fully saturated rings. The van der Waals surface area contributed by atoms with Crippen LogP contribution < -0.4 is 5.73 Å². The topological polar surface area (TPSA) is 26.0 Å². The van der Waals surface area contributed by atoms with Gasteiger partial charge in [0.1, 0.15) is 5.82 Å². The Hall–Kier alpha value is -1.67. The third-order valence-corrected chi connectivity index (χ3v) is 3.40. The summed E-state index contributed by atoms with van der Waals surface area (Å²) >= 11 is 0. The van der Waals surface area contributed by atoms with Crippen molar-refractivity contribution in [3.63, 3.8) is 0 Å². The average molecular weight is 257 g/mol. The van der Waals surface area contributed by atoms with E-state index >= 15 is 0 Å². The van der Waals surface area contributed by atoms with E-state index < -0.39 is 0 Å². The molecular formula is C17H20FN. The minimum absolute atomic E-state index is 0.0921. The molecule has 1 atom stereocenters. The standard InChI is InChI=1S/C17H20FN/c1-12(2)14-5-3-13(4-6-14)11-17(19)15-7-9-16(18)10-8-15/h3-10,12,17H,11,19H2,1-2H3. The number of nitrogens with two attached hydrogens (primary N) is 1. The zero-order valence-electron chi connectivity index (χ0n) is 11.4. The smallest absolute Gasteiger partial charge is 0.123 e. The second kappa shape index (κ2) is 5.98. The van der Waals surface area contributed by atoms with Gasteiger partial charge in [-0.2, -0.15) is 0 Å². The van der Waals surface area contributed by atoms with Crippen molar-refractivity contribution in [2.45, 2.75) is 32.2 Å². The zero-order chi connectivity index (χ0) is 13.8. The number of hydrogen-bond acceptors (Lipinski definition) is 1. The van der Waals surface area contributed by atoms with Gasteiger partial charge in [-0.05, 0) is 41.2 Å². The first-order valence-corrected chi connectivity index (χ1v) is 6.66. The molecule has 0 spiro atoms. The number of benzene rings is 2. The van der Waals surface area contributed by atoms with Crippen LogP contribution in [0.2, 0.25) is 0 Å². The summed E-state index contributed by atoms with van der Waals surface area (Å²) in [4.78, 5) is 0. The highest BCUT2D eigenvalue weighted by Crippen LogP contribution is 2.19. The summed E-state index contributed by atoms with van der Waals surface area (Å²) in [6.07, 6.45) is 0.768. The molecule has 100 valence electrons. The van der Waals surface area contributed by atoms with Crippen LogP contribution >= 0.6 is 0 Å². The molecule has 2 aromatic carbocycles. The molecule has 2 aromatic rings. The summed E-state index contributed by atoms with van der Waals surface area (Å²) in [5.74, 6) is 0.317. The van der Waals surface area contributed by atoms with Crippen molar-refractivity contribution >= 4 is 0 Å². The van der Waals surface area contributed by atoms with Gasteiger partial charge in [-0.1, -0.05) is 50.2 Å². The Morgan fingerprint density at radius 1 is 0.895 bits per heavy atom. The average Bonchev–Trinajstić information content (AvgIpc) is 2.40. The fourth-order valence-corrected chi connectivity index (χ4v) is 2.12. The molecule has 19 heavy (non-hydrogen) atoms. The van der Waals surface area contributed by atoms with Gasteiger partial charge in [0, 0.05) is 6.04 Å². The lowest BCUT2D eigenvalue weighted by molar-refractivity contribution is 0.624. The monoisotopic (exact) mass is 257 g/mol. The van der Waals surface area contributed by atoms with E-state index in [0.29, 0.717) is 5.92 Å². The summed E-state index contributed by atoms with van der Waals surface area (Å²) in [6.45, 7) is 4.36. The SMILES string of the molecule is CC(C)c1ccc(CC(N)c2ccc(F)cc2)cc1. The molecule has 2 rings (SSSR count). The van der Waals surface area contributed by atoms with Crippen molar-refractivity contribution in [3.8, 4) is 0 Å². The number of hydrogen-bond donors (Lipinski definition) is 1. The maximum absolute atomic E-state index is 12.9. The van der Waals surface area contributed by atoms with Gasteiger partial charge in [0.05, 0.1) is 0 Å². The Morgan fingerprint density at radius 3 is 1.95 bits per heavy atom. The van der Waals surface area contributed by atoms with Crippen LogP contribution in [0.5, 0.6) is 0 Å². The first-order valence-electron chi connectivity index (χ1n) is 6.66. The zero-order valence-corrected chi connectivity index (χ0v) is 11.4. The van der Waals surface area contributed by atoms with Crippen LogP contribution in [0.15, 0.2) is 48.5 Å². The summed E-state index contributed by atoms with van der Waals surface area (Å²) in [7, 11) is 0. The highest BCUT2D eigenvalue weighted by atomic mass is 19.1. The molecule has 2 heteroatoms. The van der Waals surface area contributed by atoms with Crippen molar-refractivity contribution in [2.75, 3.05) is 0 Å². The van der Waals surface area contributed by atoms with Gasteiger partial charge in [-0.25, -0.2) is 4.39 Å². The second-order valence-electron chi connectivity index (χ2n) is 5.26. The highest BCUT2D eigenvalue weighted by molar-refractivity contribution is 5.27. The van der Waals surface area contributed by atoms with Crippen LogP contribution in [0, 0.1) is 5.82 Å². The summed E-state index contributed by atoms with van der Waals surface area (Å²) in [5, 5.41) is 0. The van der Waals surface area contributed by atoms with E-state index in [1.54, 1.807) is 12.1 Å². The fraction of sp³-hybridized carbons (Fsp3) is 0.294. The molecule has 0 aromatic heterocycles. The van der Waals surface area contributed by atoms with Crippen molar-refractivity contribution in [1.29, 1.82) is 0 Å². The van der Waals surface area contributed by atoms with E-state index in [-0.39, 0.29) is 11.9 Å². The maximum Gasteiger partial charge on any atom is 0.123 e. The normalized spacial score (nSPS) is 12.7. The van der Waals surface area contributed by atoms with Gasteiger partial charge in [0.2, 0.25) is 0 Å². The molecule has 0 aliphatic heterocycles. The molecule has 0 radical (unpaired) electrons. The molecule has 0 heterocycles. The molecule has 0 amide bonds. The quantitative estimate of drug-likeness (QED) is 0.873. The minimum Gasteiger partial charge on any atom is -0.324 e. The van der Waals surface area contributed by atoms with Crippen LogP contribution in [-0.4, -0.2) is 0 Å². The summed E-state index contributed by atoms with van der Waals surface area (Å²) < 4.78 is 12.9. The van der Waals surface area contributed by atoms with E-state index in [1.165, 1.54) is 23.3 Å². The summed E-state index contributed by atoms with van der Waals surface area (Å²) in [5.41, 5.74) is 9.66. The van der Waals surface area contributed by atoms with E-state index in [2.05, 4.69) is 38.1 Å². The second-order valence-corrected chi connectivity index (χ2v) is 5.26. The van der Waals surface area contributed by atoms with Crippen LogP contribution in [-0.2, 0) is 6.42 Å². The lowest BCUT2D eigenvalue weighted by Crippen LogP contribution is -2.13. The van der Waals surface area contributed by atoms with Crippen LogP contribution in [0.4, 0.5) is 4.39 Å². The van der Waals surface area contributed by atoms with Crippen molar-refractivity contribution < 1.29 is 4.39 Å². The maximum atomic E-state index is 12.9.